The number of fused-ring (bicyclic) bond motifs is 2. The predicted molar refractivity (Wildman–Crippen MR) is 40.2 cm³/mol. The maximum Gasteiger partial charge on any atom is 0.0859 e. The van der Waals surface area contributed by atoms with Crippen LogP contribution in [0.2, 0.25) is 0 Å². The van der Waals surface area contributed by atoms with Gasteiger partial charge in [-0.1, -0.05) is 6.92 Å². The van der Waals surface area contributed by atoms with E-state index in [9.17, 15) is 20.4 Å². The zero-order valence-electron chi connectivity index (χ0n) is 6.83. The van der Waals surface area contributed by atoms with Crippen molar-refractivity contribution in [2.45, 2.75) is 31.3 Å². The Labute approximate surface area is 70.5 Å². The van der Waals surface area contributed by atoms with E-state index in [1.54, 1.807) is 0 Å². The summed E-state index contributed by atoms with van der Waals surface area (Å²) in [6.45, 7) is 1.84. The van der Waals surface area contributed by atoms with Crippen molar-refractivity contribution in [3.8, 4) is 0 Å². The van der Waals surface area contributed by atoms with E-state index in [2.05, 4.69) is 0 Å². The second-order valence-corrected chi connectivity index (χ2v) is 3.98. The van der Waals surface area contributed by atoms with Gasteiger partial charge in [-0.15, -0.1) is 0 Å². The highest BCUT2D eigenvalue weighted by molar-refractivity contribution is 5.10. The normalized spacial score (nSPS) is 64.2. The molecule has 0 amide bonds. The second kappa shape index (κ2) is 2.42. The minimum absolute atomic E-state index is 0.000000000000000222. The van der Waals surface area contributed by atoms with Crippen LogP contribution >= 0.6 is 0 Å². The van der Waals surface area contributed by atoms with Crippen molar-refractivity contribution in [3.63, 3.8) is 0 Å². The highest BCUT2D eigenvalue weighted by Gasteiger charge is 2.61. The van der Waals surface area contributed by atoms with Gasteiger partial charge in [0.15, 0.2) is 0 Å². The van der Waals surface area contributed by atoms with Gasteiger partial charge < -0.3 is 20.4 Å². The molecule has 2 saturated carbocycles. The highest BCUT2D eigenvalue weighted by atomic mass is 16.4. The van der Waals surface area contributed by atoms with E-state index in [0.717, 1.165) is 0 Å². The standard InChI is InChI=1S/C8H14O4/c1-2-3-5(9)7(11)4(2)8(12)6(3)10/h2-12H,1H3/t2?,3?,4?,5-,6+,7+,8-. The summed E-state index contributed by atoms with van der Waals surface area (Å²) in [4.78, 5) is 0. The monoisotopic (exact) mass is 174 g/mol. The summed E-state index contributed by atoms with van der Waals surface area (Å²) in [5, 5.41) is 37.7. The van der Waals surface area contributed by atoms with Gasteiger partial charge in [0.1, 0.15) is 0 Å². The topological polar surface area (TPSA) is 80.9 Å². The van der Waals surface area contributed by atoms with Gasteiger partial charge in [0.05, 0.1) is 24.4 Å². The smallest absolute Gasteiger partial charge is 0.0859 e. The van der Waals surface area contributed by atoms with Gasteiger partial charge >= 0.3 is 0 Å². The van der Waals surface area contributed by atoms with E-state index in [0.29, 0.717) is 0 Å². The summed E-state index contributed by atoms with van der Waals surface area (Å²) >= 11 is 0. The number of rotatable bonds is 0. The van der Waals surface area contributed by atoms with E-state index in [4.69, 9.17) is 0 Å². The Morgan fingerprint density at radius 3 is 1.08 bits per heavy atom. The summed E-state index contributed by atoms with van der Waals surface area (Å²) in [5.74, 6) is -0.722. The Morgan fingerprint density at radius 1 is 0.667 bits per heavy atom. The minimum Gasteiger partial charge on any atom is -0.390 e. The molecule has 0 spiro atoms. The third-order valence-corrected chi connectivity index (χ3v) is 3.49. The fourth-order valence-electron chi connectivity index (χ4n) is 2.82. The molecule has 2 bridgehead atoms. The molecule has 12 heavy (non-hydrogen) atoms. The first-order valence-corrected chi connectivity index (χ1v) is 4.28. The lowest BCUT2D eigenvalue weighted by Gasteiger charge is -2.30. The fraction of sp³-hybridized carbons (Fsp3) is 1.00. The highest BCUT2D eigenvalue weighted by Crippen LogP contribution is 2.49. The van der Waals surface area contributed by atoms with E-state index in [-0.39, 0.29) is 17.8 Å². The van der Waals surface area contributed by atoms with Crippen molar-refractivity contribution in [2.75, 3.05) is 0 Å². The molecule has 0 saturated heterocycles. The summed E-state index contributed by atoms with van der Waals surface area (Å²) in [6, 6.07) is 0. The zero-order chi connectivity index (χ0) is 9.04. The van der Waals surface area contributed by atoms with Crippen LogP contribution in [-0.2, 0) is 0 Å². The molecular weight excluding hydrogens is 160 g/mol. The molecule has 0 aliphatic heterocycles. The van der Waals surface area contributed by atoms with Crippen molar-refractivity contribution in [1.82, 2.24) is 0 Å². The second-order valence-electron chi connectivity index (χ2n) is 3.98. The average molecular weight is 174 g/mol. The molecule has 4 heteroatoms. The Hall–Kier alpha value is -0.160. The van der Waals surface area contributed by atoms with Crippen LogP contribution < -0.4 is 0 Å². The SMILES string of the molecule is CC1C2[C@@H](O)[C@@H](O)C1[C@@H](O)[C@H]2O. The number of hydrogen-bond acceptors (Lipinski definition) is 4. The van der Waals surface area contributed by atoms with Crippen molar-refractivity contribution < 1.29 is 20.4 Å². The van der Waals surface area contributed by atoms with Gasteiger partial charge in [0, 0.05) is 11.8 Å². The maximum absolute atomic E-state index is 9.43. The molecule has 0 heterocycles. The fourth-order valence-corrected chi connectivity index (χ4v) is 2.82. The molecule has 6 atom stereocenters. The molecule has 0 aromatic rings. The molecule has 2 fully saturated rings. The summed E-state index contributed by atoms with van der Waals surface area (Å²) in [6.07, 6.45) is -3.49. The molecule has 2 aliphatic rings. The molecule has 0 aromatic heterocycles. The molecule has 2 unspecified atom stereocenters. The lowest BCUT2D eigenvalue weighted by atomic mass is 9.90. The van der Waals surface area contributed by atoms with Gasteiger partial charge in [-0.05, 0) is 5.92 Å². The van der Waals surface area contributed by atoms with Crippen LogP contribution in [0, 0.1) is 17.8 Å². The lowest BCUT2D eigenvalue weighted by molar-refractivity contribution is -0.116. The molecule has 0 radical (unpaired) electrons. The van der Waals surface area contributed by atoms with Crippen LogP contribution in [0.5, 0.6) is 0 Å². The van der Waals surface area contributed by atoms with E-state index >= 15 is 0 Å². The Kier molecular flexibility index (Phi) is 1.70. The van der Waals surface area contributed by atoms with Crippen molar-refractivity contribution in [2.24, 2.45) is 17.8 Å². The minimum atomic E-state index is -0.872. The van der Waals surface area contributed by atoms with Gasteiger partial charge in [-0.2, -0.15) is 0 Å². The van der Waals surface area contributed by atoms with Crippen LogP contribution in [0.4, 0.5) is 0 Å². The zero-order valence-corrected chi connectivity index (χ0v) is 6.83. The molecule has 4 nitrogen and oxygen atoms in total. The van der Waals surface area contributed by atoms with Crippen LogP contribution in [0.3, 0.4) is 0 Å². The van der Waals surface area contributed by atoms with Crippen LogP contribution in [0.25, 0.3) is 0 Å². The number of hydrogen-bond donors (Lipinski definition) is 4. The molecule has 4 N–H and O–H groups in total. The van der Waals surface area contributed by atoms with Crippen LogP contribution in [-0.4, -0.2) is 44.8 Å². The number of aliphatic hydroxyl groups excluding tert-OH is 4. The molecule has 2 rings (SSSR count). The summed E-state index contributed by atoms with van der Waals surface area (Å²) < 4.78 is 0. The average Bonchev–Trinajstić information content (AvgIpc) is 2.33. The molecule has 2 aliphatic carbocycles. The lowest BCUT2D eigenvalue weighted by Crippen LogP contribution is -2.47. The third-order valence-electron chi connectivity index (χ3n) is 3.49. The maximum atomic E-state index is 9.43. The molecule has 0 aromatic carbocycles. The first-order chi connectivity index (χ1) is 5.55. The van der Waals surface area contributed by atoms with Crippen molar-refractivity contribution >= 4 is 0 Å². The van der Waals surface area contributed by atoms with Gasteiger partial charge in [0.2, 0.25) is 0 Å². The first-order valence-electron chi connectivity index (χ1n) is 4.28. The molecule has 70 valence electrons. The summed E-state index contributed by atoms with van der Waals surface area (Å²) in [5.41, 5.74) is 0. The first kappa shape index (κ1) is 8.44. The van der Waals surface area contributed by atoms with Crippen LogP contribution in [0.15, 0.2) is 0 Å². The van der Waals surface area contributed by atoms with Crippen molar-refractivity contribution in [1.29, 1.82) is 0 Å². The van der Waals surface area contributed by atoms with Crippen molar-refractivity contribution in [3.05, 3.63) is 0 Å². The Morgan fingerprint density at radius 2 is 0.917 bits per heavy atom. The number of aliphatic hydroxyl groups is 4. The largest absolute Gasteiger partial charge is 0.390 e. The Bertz CT molecular complexity index is 159. The predicted octanol–water partition coefficient (Wildman–Crippen LogP) is -1.67. The van der Waals surface area contributed by atoms with Gasteiger partial charge in [-0.25, -0.2) is 0 Å². The third kappa shape index (κ3) is 0.758. The summed E-state index contributed by atoms with van der Waals surface area (Å²) in [7, 11) is 0. The molecular formula is C8H14O4. The van der Waals surface area contributed by atoms with E-state index in [1.807, 2.05) is 6.92 Å². The van der Waals surface area contributed by atoms with E-state index < -0.39 is 24.4 Å². The quantitative estimate of drug-likeness (QED) is 0.354. The van der Waals surface area contributed by atoms with Gasteiger partial charge in [0.25, 0.3) is 0 Å². The van der Waals surface area contributed by atoms with Gasteiger partial charge in [-0.3, -0.25) is 0 Å². The Balaban J connectivity index is 2.29. The van der Waals surface area contributed by atoms with E-state index in [1.165, 1.54) is 0 Å². The van der Waals surface area contributed by atoms with Crippen LogP contribution in [0.1, 0.15) is 6.92 Å².